The second-order valence-electron chi connectivity index (χ2n) is 3.03. The highest BCUT2D eigenvalue weighted by molar-refractivity contribution is 5.36. The van der Waals surface area contributed by atoms with Crippen molar-refractivity contribution >= 4 is 6.08 Å². The van der Waals surface area contributed by atoms with Gasteiger partial charge in [-0.3, -0.25) is 0 Å². The van der Waals surface area contributed by atoms with Crippen LogP contribution in [0.15, 0.2) is 23.2 Å². The number of hydrogen-bond donors (Lipinski definition) is 0. The van der Waals surface area contributed by atoms with Crippen molar-refractivity contribution in [2.24, 2.45) is 4.99 Å². The Labute approximate surface area is 78.3 Å². The van der Waals surface area contributed by atoms with Crippen LogP contribution in [0.2, 0.25) is 0 Å². The first-order valence-electron chi connectivity index (χ1n) is 4.40. The highest BCUT2D eigenvalue weighted by Crippen LogP contribution is 2.13. The molecule has 0 bridgehead atoms. The molecule has 0 saturated heterocycles. The van der Waals surface area contributed by atoms with Gasteiger partial charge in [0.05, 0.1) is 6.54 Å². The zero-order chi connectivity index (χ0) is 9.68. The molecule has 0 unspecified atom stereocenters. The molecule has 0 N–H and O–H groups in total. The number of aliphatic imine (C=N–C) groups is 1. The minimum Gasteiger partial charge on any atom is -0.211 e. The maximum absolute atomic E-state index is 9.97. The van der Waals surface area contributed by atoms with Gasteiger partial charge in [0.2, 0.25) is 6.08 Å². The predicted molar refractivity (Wildman–Crippen MR) is 52.4 cm³/mol. The van der Waals surface area contributed by atoms with E-state index in [-0.39, 0.29) is 0 Å². The predicted octanol–water partition coefficient (Wildman–Crippen LogP) is 2.39. The second-order valence-corrected chi connectivity index (χ2v) is 3.03. The summed E-state index contributed by atoms with van der Waals surface area (Å²) in [5.74, 6) is 0. The Morgan fingerprint density at radius 2 is 2.15 bits per heavy atom. The van der Waals surface area contributed by atoms with Gasteiger partial charge in [-0.15, -0.1) is 0 Å². The fourth-order valence-electron chi connectivity index (χ4n) is 1.36. The second kappa shape index (κ2) is 4.58. The van der Waals surface area contributed by atoms with Crippen LogP contribution in [0.25, 0.3) is 0 Å². The number of benzene rings is 1. The molecule has 68 valence electrons. The van der Waals surface area contributed by atoms with Crippen molar-refractivity contribution in [1.29, 1.82) is 0 Å². The number of rotatable bonds is 3. The first-order valence-corrected chi connectivity index (χ1v) is 4.40. The minimum absolute atomic E-state index is 0.453. The summed E-state index contributed by atoms with van der Waals surface area (Å²) >= 11 is 0. The smallest absolute Gasteiger partial charge is 0.211 e. The van der Waals surface area contributed by atoms with E-state index in [2.05, 4.69) is 30.1 Å². The summed E-state index contributed by atoms with van der Waals surface area (Å²) < 4.78 is 0. The van der Waals surface area contributed by atoms with Crippen molar-refractivity contribution in [2.75, 3.05) is 0 Å². The lowest BCUT2D eigenvalue weighted by molar-refractivity contribution is 0.562. The summed E-state index contributed by atoms with van der Waals surface area (Å²) in [6.07, 6.45) is 2.54. The third-order valence-corrected chi connectivity index (χ3v) is 2.06. The van der Waals surface area contributed by atoms with Crippen LogP contribution in [0.1, 0.15) is 23.6 Å². The topological polar surface area (TPSA) is 29.4 Å². The standard InChI is InChI=1S/C11H13NO/c1-3-10-5-4-9(2)6-11(10)7-12-8-13/h4-6H,3,7H2,1-2H3. The highest BCUT2D eigenvalue weighted by Gasteiger charge is 1.99. The van der Waals surface area contributed by atoms with Gasteiger partial charge in [-0.2, -0.15) is 0 Å². The summed E-state index contributed by atoms with van der Waals surface area (Å²) in [7, 11) is 0. The van der Waals surface area contributed by atoms with E-state index in [0.29, 0.717) is 6.54 Å². The summed E-state index contributed by atoms with van der Waals surface area (Å²) in [5.41, 5.74) is 3.59. The van der Waals surface area contributed by atoms with E-state index in [0.717, 1.165) is 12.0 Å². The third kappa shape index (κ3) is 2.53. The molecule has 2 heteroatoms. The Balaban J connectivity index is 3.00. The lowest BCUT2D eigenvalue weighted by Crippen LogP contribution is -1.91. The van der Waals surface area contributed by atoms with Gasteiger partial charge >= 0.3 is 0 Å². The zero-order valence-electron chi connectivity index (χ0n) is 8.00. The molecule has 0 amide bonds. The maximum Gasteiger partial charge on any atom is 0.235 e. The van der Waals surface area contributed by atoms with Crippen LogP contribution in [-0.4, -0.2) is 6.08 Å². The molecule has 0 spiro atoms. The van der Waals surface area contributed by atoms with E-state index in [4.69, 9.17) is 0 Å². The van der Waals surface area contributed by atoms with Crippen LogP contribution in [-0.2, 0) is 17.8 Å². The van der Waals surface area contributed by atoms with Crippen LogP contribution in [0, 0.1) is 6.92 Å². The molecule has 1 rings (SSSR count). The molecular weight excluding hydrogens is 162 g/mol. The van der Waals surface area contributed by atoms with Crippen molar-refractivity contribution in [1.82, 2.24) is 0 Å². The number of isocyanates is 1. The summed E-state index contributed by atoms with van der Waals surface area (Å²) in [4.78, 5) is 13.6. The molecule has 0 aliphatic carbocycles. The molecule has 13 heavy (non-hydrogen) atoms. The van der Waals surface area contributed by atoms with Gasteiger partial charge in [0.15, 0.2) is 0 Å². The van der Waals surface area contributed by atoms with Gasteiger partial charge in [-0.1, -0.05) is 30.7 Å². The molecule has 0 heterocycles. The number of nitrogens with zero attached hydrogens (tertiary/aromatic N) is 1. The van der Waals surface area contributed by atoms with Crippen molar-refractivity contribution in [3.63, 3.8) is 0 Å². The van der Waals surface area contributed by atoms with E-state index in [1.54, 1.807) is 6.08 Å². The molecule has 0 fully saturated rings. The normalized spacial score (nSPS) is 9.38. The SMILES string of the molecule is CCc1ccc(C)cc1CN=C=O. The van der Waals surface area contributed by atoms with Gasteiger partial charge in [0.25, 0.3) is 0 Å². The van der Waals surface area contributed by atoms with E-state index >= 15 is 0 Å². The van der Waals surface area contributed by atoms with Crippen LogP contribution in [0.5, 0.6) is 0 Å². The average molecular weight is 175 g/mol. The summed E-state index contributed by atoms with van der Waals surface area (Å²) in [5, 5.41) is 0. The Kier molecular flexibility index (Phi) is 3.41. The zero-order valence-corrected chi connectivity index (χ0v) is 8.00. The average Bonchev–Trinajstić information content (AvgIpc) is 2.15. The van der Waals surface area contributed by atoms with Crippen molar-refractivity contribution in [2.45, 2.75) is 26.8 Å². The molecular formula is C11H13NO. The Morgan fingerprint density at radius 3 is 2.77 bits per heavy atom. The van der Waals surface area contributed by atoms with Gasteiger partial charge < -0.3 is 0 Å². The first-order chi connectivity index (χ1) is 6.27. The molecule has 1 aromatic rings. The molecule has 0 saturated carbocycles. The van der Waals surface area contributed by atoms with Crippen molar-refractivity contribution in [3.05, 3.63) is 34.9 Å². The highest BCUT2D eigenvalue weighted by atomic mass is 16.1. The minimum atomic E-state index is 0.453. The summed E-state index contributed by atoms with van der Waals surface area (Å²) in [6.45, 7) is 4.58. The number of hydrogen-bond acceptors (Lipinski definition) is 2. The fourth-order valence-corrected chi connectivity index (χ4v) is 1.36. The third-order valence-electron chi connectivity index (χ3n) is 2.06. The number of carbonyl (C=O) groups excluding carboxylic acids is 1. The van der Waals surface area contributed by atoms with Crippen LogP contribution in [0.3, 0.4) is 0 Å². The molecule has 0 aromatic heterocycles. The molecule has 0 aliphatic rings. The molecule has 1 aromatic carbocycles. The van der Waals surface area contributed by atoms with E-state index in [9.17, 15) is 4.79 Å². The van der Waals surface area contributed by atoms with E-state index < -0.39 is 0 Å². The van der Waals surface area contributed by atoms with E-state index in [1.807, 2.05) is 6.92 Å². The van der Waals surface area contributed by atoms with E-state index in [1.165, 1.54) is 11.1 Å². The Hall–Kier alpha value is -1.40. The van der Waals surface area contributed by atoms with Crippen LogP contribution >= 0.6 is 0 Å². The van der Waals surface area contributed by atoms with Crippen LogP contribution < -0.4 is 0 Å². The summed E-state index contributed by atoms with van der Waals surface area (Å²) in [6, 6.07) is 6.23. The van der Waals surface area contributed by atoms with Gasteiger partial charge in [-0.25, -0.2) is 9.79 Å². The Bertz CT molecular complexity index is 338. The molecule has 0 atom stereocenters. The van der Waals surface area contributed by atoms with Gasteiger partial charge in [-0.05, 0) is 24.5 Å². The number of aryl methyl sites for hydroxylation is 2. The largest absolute Gasteiger partial charge is 0.235 e. The van der Waals surface area contributed by atoms with Gasteiger partial charge in [0.1, 0.15) is 0 Å². The van der Waals surface area contributed by atoms with Crippen molar-refractivity contribution in [3.8, 4) is 0 Å². The molecule has 0 aliphatic heterocycles. The lowest BCUT2D eigenvalue weighted by Gasteiger charge is -2.05. The van der Waals surface area contributed by atoms with Crippen LogP contribution in [0.4, 0.5) is 0 Å². The Morgan fingerprint density at radius 1 is 1.38 bits per heavy atom. The molecule has 2 nitrogen and oxygen atoms in total. The monoisotopic (exact) mass is 175 g/mol. The quantitative estimate of drug-likeness (QED) is 0.512. The lowest BCUT2D eigenvalue weighted by atomic mass is 10.0. The van der Waals surface area contributed by atoms with Crippen molar-refractivity contribution < 1.29 is 4.79 Å². The fraction of sp³-hybridized carbons (Fsp3) is 0.364. The van der Waals surface area contributed by atoms with Gasteiger partial charge in [0, 0.05) is 0 Å². The first kappa shape index (κ1) is 9.69. The maximum atomic E-state index is 9.97. The molecule has 0 radical (unpaired) electrons.